The van der Waals surface area contributed by atoms with E-state index in [0.717, 1.165) is 195 Å². The van der Waals surface area contributed by atoms with Crippen LogP contribution in [-0.4, -0.2) is 276 Å². The second-order valence-electron chi connectivity index (χ2n) is 20.2. The number of unbranched alkanes of at least 4 members (excludes halogenated alkanes) is 9. The summed E-state index contributed by atoms with van der Waals surface area (Å²) in [6.07, 6.45) is 21.9. The quantitative estimate of drug-likeness (QED) is 0.0382. The minimum atomic E-state index is -0.00926. The summed E-state index contributed by atoms with van der Waals surface area (Å²) in [7, 11) is 8.12. The van der Waals surface area contributed by atoms with Gasteiger partial charge < -0.3 is 118 Å². The number of aliphatic hydroxyl groups excluding tert-OH is 5. The van der Waals surface area contributed by atoms with Crippen LogP contribution in [0.1, 0.15) is 157 Å². The second kappa shape index (κ2) is 113. The first-order valence-electron chi connectivity index (χ1n) is 32.5. The Hall–Kier alpha value is -0.960. The normalized spacial score (nSPS) is 13.0. The van der Waals surface area contributed by atoms with Crippen LogP contribution in [0.2, 0.25) is 0 Å². The van der Waals surface area contributed by atoms with Gasteiger partial charge in [0.1, 0.15) is 0 Å². The number of morpholine rings is 2. The zero-order valence-corrected chi connectivity index (χ0v) is 57.0. The van der Waals surface area contributed by atoms with Crippen molar-refractivity contribution in [3.63, 3.8) is 0 Å². The Morgan fingerprint density at radius 3 is 1.08 bits per heavy atom. The van der Waals surface area contributed by atoms with Crippen LogP contribution < -0.4 is 68.8 Å². The standard InChI is InChI=1S/C8H19N.C7H16N2O.C6H14N2O.C6H15NO.C6H15N.C5H14N2.C4H12N2.C4H11NO2.2C4H11NO.C4H11N.C2H7NO/c1-3-5-6-8(4-2)7-9;8-2-1-3-9-4-6-10-7-5-9;7-1-2-8-3-5-9-6-4-8;7-5-3-1-2-4-6-8;1-2-3-4-5-6-7;1-7(2)5-3-4-6;1-6(2)4-3-5;5-1-3-7-4-2-6;1-2-4(5)3-6;5-3-1-2-4-6;1-2-3-4-5;3-1-2-4/h8H,3-7,9H2,1-2H3;1-8H2;1-7H2;8H,1-7H2;2-7H2,1H3;3-6H2,1-2H3;3-5H2,1-2H3;6H,1-5H2;4,6H,2-3,5H2,1H3;6H,1-5H2;2-5H2,1H3;4H,1-3H2. The molecule has 84 heavy (non-hydrogen) atoms. The maximum Gasteiger partial charge on any atom is 0.0698 e. The minimum Gasteiger partial charge on any atom is -0.396 e. The zero-order valence-electron chi connectivity index (χ0n) is 57.0. The lowest BCUT2D eigenvalue weighted by Gasteiger charge is -2.26. The predicted molar refractivity (Wildman–Crippen MR) is 365 cm³/mol. The fraction of sp³-hybridized carbons (Fsp3) is 1.00. The van der Waals surface area contributed by atoms with Crippen molar-refractivity contribution in [3.05, 3.63) is 0 Å². The van der Waals surface area contributed by atoms with Gasteiger partial charge in [0.15, 0.2) is 0 Å². The number of ether oxygens (including phenoxy) is 3. The third kappa shape index (κ3) is 144. The Morgan fingerprint density at radius 1 is 0.405 bits per heavy atom. The second-order valence-corrected chi connectivity index (χ2v) is 20.2. The molecule has 2 aliphatic heterocycles. The van der Waals surface area contributed by atoms with Crippen LogP contribution >= 0.6 is 0 Å². The lowest BCUT2D eigenvalue weighted by atomic mass is 10.00. The lowest BCUT2D eigenvalue weighted by molar-refractivity contribution is 0.0377. The summed E-state index contributed by atoms with van der Waals surface area (Å²) in [6, 6.07) is -0.00926. The Bertz CT molecular complexity index is 894. The van der Waals surface area contributed by atoms with Crippen LogP contribution in [0.4, 0.5) is 0 Å². The van der Waals surface area contributed by atoms with Crippen molar-refractivity contribution in [2.75, 3.05) is 225 Å². The van der Waals surface area contributed by atoms with E-state index < -0.39 is 0 Å². The average Bonchev–Trinajstić information content (AvgIpc) is 3.52. The fourth-order valence-corrected chi connectivity index (χ4v) is 5.81. The topological polar surface area (TPSA) is 454 Å². The third-order valence-corrected chi connectivity index (χ3v) is 11.3. The maximum absolute atomic E-state index is 8.33. The molecular formula is C60H156N16O8. The SMILES string of the molecule is CCC(N)CO.CCCCC(CC)CN.CCCCCCN.CCCCN.CN(C)CCCN.CN(C)CCN.NCCCCCCO.NCCCCO.NCCCN1CCOCC1.NCCN1CCOCC1.NCCO.NCCOCCO. The molecule has 0 aromatic heterocycles. The molecule has 0 bridgehead atoms. The highest BCUT2D eigenvalue weighted by Gasteiger charge is 2.09. The first kappa shape index (κ1) is 105. The smallest absolute Gasteiger partial charge is 0.0698 e. The molecule has 2 heterocycles. The molecule has 24 heteroatoms. The first-order valence-corrected chi connectivity index (χ1v) is 32.5. The van der Waals surface area contributed by atoms with Gasteiger partial charge in [-0.1, -0.05) is 92.4 Å². The number of aliphatic hydroxyl groups is 5. The van der Waals surface area contributed by atoms with Crippen molar-refractivity contribution in [3.8, 4) is 0 Å². The van der Waals surface area contributed by atoms with E-state index in [9.17, 15) is 0 Å². The van der Waals surface area contributed by atoms with Gasteiger partial charge in [-0.05, 0) is 157 Å². The zero-order chi connectivity index (χ0) is 66.2. The van der Waals surface area contributed by atoms with Crippen LogP contribution in [0.5, 0.6) is 0 Å². The van der Waals surface area contributed by atoms with Gasteiger partial charge in [-0.15, -0.1) is 0 Å². The van der Waals surface area contributed by atoms with E-state index in [0.29, 0.717) is 39.5 Å². The maximum atomic E-state index is 8.33. The molecule has 2 fully saturated rings. The van der Waals surface area contributed by atoms with E-state index in [1.165, 1.54) is 64.2 Å². The van der Waals surface area contributed by atoms with Crippen molar-refractivity contribution in [1.82, 2.24) is 19.6 Å². The largest absolute Gasteiger partial charge is 0.396 e. The number of hydrogen-bond donors (Lipinski definition) is 17. The third-order valence-electron chi connectivity index (χ3n) is 11.3. The van der Waals surface area contributed by atoms with Crippen LogP contribution in [-0.2, 0) is 14.2 Å². The minimum absolute atomic E-state index is 0.00926. The summed E-state index contributed by atoms with van der Waals surface area (Å²) in [5.41, 5.74) is 62.5. The molecule has 524 valence electrons. The van der Waals surface area contributed by atoms with Crippen molar-refractivity contribution in [2.45, 2.75) is 163 Å². The molecule has 0 aromatic rings. The lowest BCUT2D eigenvalue weighted by Crippen LogP contribution is -2.39. The number of rotatable bonds is 36. The van der Waals surface area contributed by atoms with E-state index >= 15 is 0 Å². The van der Waals surface area contributed by atoms with Crippen LogP contribution in [0, 0.1) is 5.92 Å². The molecular weight excluding hydrogens is 1070 g/mol. The molecule has 0 radical (unpaired) electrons. The average molecular weight is 1230 g/mol. The van der Waals surface area contributed by atoms with E-state index in [2.05, 4.69) is 61.4 Å². The van der Waals surface area contributed by atoms with Gasteiger partial charge in [-0.25, -0.2) is 0 Å². The molecule has 0 aromatic carbocycles. The Kier molecular flexibility index (Phi) is 141. The van der Waals surface area contributed by atoms with Gasteiger partial charge in [-0.3, -0.25) is 9.80 Å². The number of hydrogen-bond acceptors (Lipinski definition) is 24. The van der Waals surface area contributed by atoms with Crippen molar-refractivity contribution in [2.24, 2.45) is 74.7 Å². The first-order chi connectivity index (χ1) is 40.5. The molecule has 2 rings (SSSR count). The van der Waals surface area contributed by atoms with Crippen molar-refractivity contribution < 1.29 is 39.7 Å². The van der Waals surface area contributed by atoms with Crippen LogP contribution in [0.3, 0.4) is 0 Å². The van der Waals surface area contributed by atoms with Crippen molar-refractivity contribution in [1.29, 1.82) is 0 Å². The van der Waals surface area contributed by atoms with Crippen molar-refractivity contribution >= 4 is 0 Å². The molecule has 0 saturated carbocycles. The van der Waals surface area contributed by atoms with E-state index in [4.69, 9.17) is 109 Å². The van der Waals surface area contributed by atoms with Gasteiger partial charge in [0, 0.05) is 84.7 Å². The number of likely N-dealkylation sites (N-methyl/N-ethyl adjacent to an activating group) is 1. The van der Waals surface area contributed by atoms with Crippen LogP contribution in [0.15, 0.2) is 0 Å². The van der Waals surface area contributed by atoms with Gasteiger partial charge in [0.2, 0.25) is 0 Å². The summed E-state index contributed by atoms with van der Waals surface area (Å²) < 4.78 is 15.1. The molecule has 24 nitrogen and oxygen atoms in total. The predicted octanol–water partition coefficient (Wildman–Crippen LogP) is 0.603. The highest BCUT2D eigenvalue weighted by molar-refractivity contribution is 4.62. The summed E-state index contributed by atoms with van der Waals surface area (Å²) in [4.78, 5) is 8.91. The molecule has 0 amide bonds. The summed E-state index contributed by atoms with van der Waals surface area (Å²) in [5, 5.41) is 40.6. The molecule has 2 unspecified atom stereocenters. The number of nitrogens with zero attached hydrogens (tertiary/aromatic N) is 4. The van der Waals surface area contributed by atoms with E-state index in [1.54, 1.807) is 0 Å². The molecule has 29 N–H and O–H groups in total. The molecule has 2 atom stereocenters. The van der Waals surface area contributed by atoms with Crippen LogP contribution in [0.25, 0.3) is 0 Å². The highest BCUT2D eigenvalue weighted by atomic mass is 16.5. The molecule has 2 aliphatic rings. The summed E-state index contributed by atoms with van der Waals surface area (Å²) in [6.45, 7) is 32.7. The van der Waals surface area contributed by atoms with E-state index in [1.807, 2.05) is 21.0 Å². The molecule has 0 spiro atoms. The summed E-state index contributed by atoms with van der Waals surface area (Å²) >= 11 is 0. The van der Waals surface area contributed by atoms with Gasteiger partial charge >= 0.3 is 0 Å². The Labute approximate surface area is 520 Å². The number of nitrogens with two attached hydrogens (primary N) is 12. The highest BCUT2D eigenvalue weighted by Crippen LogP contribution is 2.09. The van der Waals surface area contributed by atoms with Gasteiger partial charge in [-0.2, -0.15) is 0 Å². The fourth-order valence-electron chi connectivity index (χ4n) is 5.81. The monoisotopic (exact) mass is 1230 g/mol. The summed E-state index contributed by atoms with van der Waals surface area (Å²) in [5.74, 6) is 0.782. The Morgan fingerprint density at radius 2 is 0.821 bits per heavy atom. The molecule has 0 aliphatic carbocycles. The van der Waals surface area contributed by atoms with Gasteiger partial charge in [0.05, 0.1) is 59.5 Å². The Balaban J connectivity index is -0.0000000896. The van der Waals surface area contributed by atoms with Gasteiger partial charge in [0.25, 0.3) is 0 Å². The molecule has 2 saturated heterocycles. The van der Waals surface area contributed by atoms with E-state index in [-0.39, 0.29) is 32.5 Å².